The average Bonchev–Trinajstić information content (AvgIpc) is 3.15. The average molecular weight is 369 g/mol. The molecule has 1 N–H and O–H groups in total. The number of thiazole rings is 1. The highest BCUT2D eigenvalue weighted by Gasteiger charge is 2.25. The van der Waals surface area contributed by atoms with E-state index in [9.17, 15) is 9.59 Å². The number of hydrogen-bond acceptors (Lipinski definition) is 7. The Labute approximate surface area is 150 Å². The number of rotatable bonds is 4. The van der Waals surface area contributed by atoms with Crippen molar-refractivity contribution in [1.29, 1.82) is 0 Å². The van der Waals surface area contributed by atoms with Crippen LogP contribution in [0.3, 0.4) is 0 Å². The highest BCUT2D eigenvalue weighted by molar-refractivity contribution is 8.18. The molecule has 4 rings (SSSR count). The standard InChI is InChI=1S/C17H11N3O3S2/c21-16-14(25-17(22)20-16)8-15-19-12-5-4-11(7-13(12)24-15)23-9-10-3-1-2-6-18-10/h1-8H,9H2,(H,20,21,22). The maximum Gasteiger partial charge on any atom is 0.290 e. The lowest BCUT2D eigenvalue weighted by molar-refractivity contribution is -0.115. The van der Waals surface area contributed by atoms with Crippen molar-refractivity contribution >= 4 is 50.5 Å². The van der Waals surface area contributed by atoms with Crippen molar-refractivity contribution in [2.24, 2.45) is 0 Å². The molecule has 0 saturated carbocycles. The zero-order valence-electron chi connectivity index (χ0n) is 12.8. The quantitative estimate of drug-likeness (QED) is 0.708. The predicted molar refractivity (Wildman–Crippen MR) is 97.3 cm³/mol. The third kappa shape index (κ3) is 3.54. The van der Waals surface area contributed by atoms with Gasteiger partial charge in [0.1, 0.15) is 17.4 Å². The summed E-state index contributed by atoms with van der Waals surface area (Å²) in [5.41, 5.74) is 1.67. The summed E-state index contributed by atoms with van der Waals surface area (Å²) in [4.78, 5) is 31.9. The summed E-state index contributed by atoms with van der Waals surface area (Å²) in [6.45, 7) is 0.390. The van der Waals surface area contributed by atoms with Crippen LogP contribution in [0.15, 0.2) is 47.5 Å². The van der Waals surface area contributed by atoms with Crippen LogP contribution in [0, 0.1) is 0 Å². The van der Waals surface area contributed by atoms with Crippen LogP contribution in [0.2, 0.25) is 0 Å². The van der Waals surface area contributed by atoms with Crippen LogP contribution in [0.25, 0.3) is 16.3 Å². The molecule has 3 heterocycles. The van der Waals surface area contributed by atoms with Crippen LogP contribution in [0.1, 0.15) is 10.7 Å². The minimum Gasteiger partial charge on any atom is -0.487 e. The normalized spacial score (nSPS) is 15.8. The largest absolute Gasteiger partial charge is 0.487 e. The lowest BCUT2D eigenvalue weighted by Gasteiger charge is -2.05. The number of fused-ring (bicyclic) bond motifs is 1. The molecule has 1 fully saturated rings. The zero-order chi connectivity index (χ0) is 17.2. The lowest BCUT2D eigenvalue weighted by atomic mass is 10.3. The molecule has 2 amide bonds. The molecule has 2 aromatic heterocycles. The molecule has 0 unspecified atom stereocenters. The first-order valence-corrected chi connectivity index (χ1v) is 8.99. The molecule has 124 valence electrons. The monoisotopic (exact) mass is 369 g/mol. The minimum absolute atomic E-state index is 0.357. The van der Waals surface area contributed by atoms with Gasteiger partial charge in [0.25, 0.3) is 11.1 Å². The second kappa shape index (κ2) is 6.66. The van der Waals surface area contributed by atoms with Crippen LogP contribution in [-0.2, 0) is 11.4 Å². The van der Waals surface area contributed by atoms with E-state index in [4.69, 9.17) is 4.74 Å². The SMILES string of the molecule is O=C1NC(=O)C(=Cc2nc3ccc(OCc4ccccn4)cc3s2)S1. The van der Waals surface area contributed by atoms with Gasteiger partial charge < -0.3 is 4.74 Å². The number of aromatic nitrogens is 2. The van der Waals surface area contributed by atoms with E-state index in [1.165, 1.54) is 11.3 Å². The van der Waals surface area contributed by atoms with Crippen molar-refractivity contribution in [2.75, 3.05) is 0 Å². The van der Waals surface area contributed by atoms with E-state index in [0.29, 0.717) is 16.5 Å². The van der Waals surface area contributed by atoms with Gasteiger partial charge in [0.2, 0.25) is 0 Å². The summed E-state index contributed by atoms with van der Waals surface area (Å²) in [6.07, 6.45) is 3.36. The second-order valence-corrected chi connectivity index (χ2v) is 7.22. The van der Waals surface area contributed by atoms with Crippen molar-refractivity contribution in [3.05, 3.63) is 58.2 Å². The fraction of sp³-hybridized carbons (Fsp3) is 0.0588. The summed E-state index contributed by atoms with van der Waals surface area (Å²) >= 11 is 2.32. The number of imide groups is 1. The van der Waals surface area contributed by atoms with Gasteiger partial charge in [-0.25, -0.2) is 4.98 Å². The van der Waals surface area contributed by atoms with Gasteiger partial charge in [-0.3, -0.25) is 19.9 Å². The number of hydrogen-bond donors (Lipinski definition) is 1. The summed E-state index contributed by atoms with van der Waals surface area (Å²) in [5.74, 6) is 0.345. The zero-order valence-corrected chi connectivity index (χ0v) is 14.4. The first-order valence-electron chi connectivity index (χ1n) is 7.35. The number of ether oxygens (including phenoxy) is 1. The van der Waals surface area contributed by atoms with Gasteiger partial charge in [0.05, 0.1) is 20.8 Å². The van der Waals surface area contributed by atoms with Crippen molar-refractivity contribution in [3.8, 4) is 5.75 Å². The predicted octanol–water partition coefficient (Wildman–Crippen LogP) is 3.59. The Hall–Kier alpha value is -2.71. The molecule has 1 aliphatic rings. The molecule has 0 bridgehead atoms. The van der Waals surface area contributed by atoms with E-state index < -0.39 is 0 Å². The van der Waals surface area contributed by atoms with Gasteiger partial charge in [-0.1, -0.05) is 6.07 Å². The molecule has 1 aromatic carbocycles. The Morgan fingerprint density at radius 2 is 2.12 bits per heavy atom. The maximum atomic E-state index is 11.6. The number of amides is 2. The van der Waals surface area contributed by atoms with Gasteiger partial charge >= 0.3 is 0 Å². The molecule has 0 aliphatic carbocycles. The summed E-state index contributed by atoms with van der Waals surface area (Å²) < 4.78 is 6.71. The van der Waals surface area contributed by atoms with Crippen LogP contribution in [0.5, 0.6) is 5.75 Å². The number of carbonyl (C=O) groups excluding carboxylic acids is 2. The van der Waals surface area contributed by atoms with Crippen LogP contribution < -0.4 is 10.1 Å². The summed E-state index contributed by atoms with van der Waals surface area (Å²) in [7, 11) is 0. The van der Waals surface area contributed by atoms with E-state index in [-0.39, 0.29) is 11.1 Å². The van der Waals surface area contributed by atoms with Crippen LogP contribution >= 0.6 is 23.1 Å². The molecule has 8 heteroatoms. The molecule has 25 heavy (non-hydrogen) atoms. The fourth-order valence-corrected chi connectivity index (χ4v) is 3.92. The van der Waals surface area contributed by atoms with E-state index in [0.717, 1.165) is 33.4 Å². The fourth-order valence-electron chi connectivity index (χ4n) is 2.25. The molecule has 0 spiro atoms. The first kappa shape index (κ1) is 15.8. The minimum atomic E-state index is -0.381. The Kier molecular flexibility index (Phi) is 4.21. The van der Waals surface area contributed by atoms with Crippen LogP contribution in [0.4, 0.5) is 4.79 Å². The number of nitrogens with one attached hydrogen (secondary N) is 1. The number of benzene rings is 1. The molecular weight excluding hydrogens is 358 g/mol. The number of nitrogens with zero attached hydrogens (tertiary/aromatic N) is 2. The van der Waals surface area contributed by atoms with Gasteiger partial charge in [0, 0.05) is 6.20 Å². The maximum absolute atomic E-state index is 11.6. The Balaban J connectivity index is 1.54. The number of carbonyl (C=O) groups is 2. The van der Waals surface area contributed by atoms with Crippen molar-refractivity contribution in [2.45, 2.75) is 6.61 Å². The van der Waals surface area contributed by atoms with E-state index in [1.54, 1.807) is 12.3 Å². The van der Waals surface area contributed by atoms with Crippen molar-refractivity contribution in [3.63, 3.8) is 0 Å². The summed E-state index contributed by atoms with van der Waals surface area (Å²) in [6, 6.07) is 11.3. The molecule has 3 aromatic rings. The third-order valence-electron chi connectivity index (χ3n) is 3.39. The Bertz CT molecular complexity index is 999. The Morgan fingerprint density at radius 1 is 1.20 bits per heavy atom. The van der Waals surface area contributed by atoms with E-state index >= 15 is 0 Å². The molecule has 1 saturated heterocycles. The molecular formula is C17H11N3O3S2. The lowest BCUT2D eigenvalue weighted by Crippen LogP contribution is -2.17. The van der Waals surface area contributed by atoms with E-state index in [2.05, 4.69) is 15.3 Å². The topological polar surface area (TPSA) is 81.2 Å². The smallest absolute Gasteiger partial charge is 0.290 e. The van der Waals surface area contributed by atoms with Crippen molar-refractivity contribution in [1.82, 2.24) is 15.3 Å². The van der Waals surface area contributed by atoms with E-state index in [1.807, 2.05) is 36.4 Å². The number of pyridine rings is 1. The van der Waals surface area contributed by atoms with Gasteiger partial charge in [0.15, 0.2) is 0 Å². The van der Waals surface area contributed by atoms with Gasteiger partial charge in [-0.05, 0) is 48.2 Å². The molecule has 0 radical (unpaired) electrons. The molecule has 1 aliphatic heterocycles. The highest BCUT2D eigenvalue weighted by atomic mass is 32.2. The second-order valence-electron chi connectivity index (χ2n) is 5.14. The highest BCUT2D eigenvalue weighted by Crippen LogP contribution is 2.31. The number of thioether (sulfide) groups is 1. The third-order valence-corrected chi connectivity index (χ3v) is 5.16. The van der Waals surface area contributed by atoms with Gasteiger partial charge in [-0.2, -0.15) is 0 Å². The molecule has 6 nitrogen and oxygen atoms in total. The first-order chi connectivity index (χ1) is 12.2. The van der Waals surface area contributed by atoms with Crippen molar-refractivity contribution < 1.29 is 14.3 Å². The summed E-state index contributed by atoms with van der Waals surface area (Å²) in [5, 5.41) is 2.54. The molecule has 0 atom stereocenters. The van der Waals surface area contributed by atoms with Crippen LogP contribution in [-0.4, -0.2) is 21.1 Å². The van der Waals surface area contributed by atoms with Gasteiger partial charge in [-0.15, -0.1) is 11.3 Å². The Morgan fingerprint density at radius 3 is 2.88 bits per heavy atom.